The first-order valence-corrected chi connectivity index (χ1v) is 19.1. The van der Waals surface area contributed by atoms with Crippen LogP contribution in [0.1, 0.15) is 94.2 Å². The maximum atomic E-state index is 3.86. The zero-order chi connectivity index (χ0) is 27.5. The van der Waals surface area contributed by atoms with Gasteiger partial charge in [0.05, 0.1) is 11.1 Å². The second-order valence-electron chi connectivity index (χ2n) is 11.4. The molecule has 2 radical (unpaired) electrons. The summed E-state index contributed by atoms with van der Waals surface area (Å²) in [7, 11) is -1.27. The Kier molecular flexibility index (Phi) is 13.2. The average Bonchev–Trinajstić information content (AvgIpc) is 2.72. The van der Waals surface area contributed by atoms with E-state index < -0.39 is 8.07 Å². The molecule has 1 aromatic rings. The molecule has 6 heteroatoms. The Bertz CT molecular complexity index is 943. The van der Waals surface area contributed by atoms with Gasteiger partial charge in [0.15, 0.2) is 9.52 Å². The molecule has 0 saturated heterocycles. The van der Waals surface area contributed by atoms with Crippen LogP contribution in [0.25, 0.3) is 0 Å². The van der Waals surface area contributed by atoms with E-state index in [9.17, 15) is 0 Å². The van der Waals surface area contributed by atoms with Gasteiger partial charge in [-0.1, -0.05) is 94.9 Å². The molecular formula is C29H42Br4Si2. The smallest absolute Gasteiger partial charge is 0.129 e. The molecule has 0 aliphatic rings. The van der Waals surface area contributed by atoms with Crippen LogP contribution >= 0.6 is 63.7 Å². The minimum absolute atomic E-state index is 0.213. The van der Waals surface area contributed by atoms with Crippen molar-refractivity contribution in [2.45, 2.75) is 105 Å². The normalized spacial score (nSPS) is 12.6. The van der Waals surface area contributed by atoms with E-state index in [1.165, 1.54) is 0 Å². The second-order valence-corrected chi connectivity index (χ2v) is 21.5. The molecule has 0 bridgehead atoms. The van der Waals surface area contributed by atoms with Crippen LogP contribution in [0.2, 0.25) is 21.7 Å². The molecule has 35 heavy (non-hydrogen) atoms. The van der Waals surface area contributed by atoms with Crippen LogP contribution in [0.15, 0.2) is 17.9 Å². The maximum Gasteiger partial charge on any atom is 0.156 e. The summed E-state index contributed by atoms with van der Waals surface area (Å²) in [5.74, 6) is 8.84. The third-order valence-electron chi connectivity index (χ3n) is 7.87. The quantitative estimate of drug-likeness (QED) is 0.147. The molecule has 0 saturated carbocycles. The van der Waals surface area contributed by atoms with Crippen molar-refractivity contribution < 1.29 is 0 Å². The van der Waals surface area contributed by atoms with Crippen molar-refractivity contribution in [2.24, 2.45) is 17.8 Å². The van der Waals surface area contributed by atoms with Crippen LogP contribution < -0.4 is 0 Å². The molecule has 0 unspecified atom stereocenters. The Labute approximate surface area is 253 Å². The largest absolute Gasteiger partial charge is 0.156 e. The van der Waals surface area contributed by atoms with E-state index >= 15 is 0 Å². The van der Waals surface area contributed by atoms with E-state index in [-0.39, 0.29) is 5.04 Å². The highest BCUT2D eigenvalue weighted by molar-refractivity contribution is 9.14. The van der Waals surface area contributed by atoms with Crippen LogP contribution in [0.5, 0.6) is 0 Å². The van der Waals surface area contributed by atoms with Gasteiger partial charge in [0, 0.05) is 17.9 Å². The minimum Gasteiger partial charge on any atom is -0.129 e. The Hall–Kier alpha value is 0.694. The van der Waals surface area contributed by atoms with Gasteiger partial charge in [-0.2, -0.15) is 0 Å². The Morgan fingerprint density at radius 2 is 0.886 bits per heavy atom. The van der Waals surface area contributed by atoms with Crippen LogP contribution in [0.4, 0.5) is 0 Å². The fraction of sp³-hybridized carbons (Fsp3) is 0.655. The molecule has 0 spiro atoms. The minimum atomic E-state index is -1.84. The zero-order valence-electron chi connectivity index (χ0n) is 23.5. The Morgan fingerprint density at radius 1 is 0.571 bits per heavy atom. The SMILES string of the molecule is CC(C)C([Si]C#Cc1c(Br)c(Br)c(C#C[Si](C(C)C)(C(C)C)C(C)C)c(Br)c1Br)(C(C)C)C(C)C. The van der Waals surface area contributed by atoms with Gasteiger partial charge in [0.2, 0.25) is 0 Å². The van der Waals surface area contributed by atoms with E-state index in [0.717, 1.165) is 29.0 Å². The van der Waals surface area contributed by atoms with E-state index in [1.54, 1.807) is 0 Å². The summed E-state index contributed by atoms with van der Waals surface area (Å²) in [6, 6.07) is 0. The maximum absolute atomic E-state index is 3.86. The predicted octanol–water partition coefficient (Wildman–Crippen LogP) is 11.4. The summed E-state index contributed by atoms with van der Waals surface area (Å²) < 4.78 is 3.86. The summed E-state index contributed by atoms with van der Waals surface area (Å²) >= 11 is 15.4. The lowest BCUT2D eigenvalue weighted by molar-refractivity contribution is 0.233. The summed E-state index contributed by atoms with van der Waals surface area (Å²) in [6.45, 7) is 28.2. The van der Waals surface area contributed by atoms with Crippen LogP contribution in [0, 0.1) is 40.7 Å². The molecule has 0 amide bonds. The van der Waals surface area contributed by atoms with Crippen molar-refractivity contribution in [3.8, 4) is 22.9 Å². The highest BCUT2D eigenvalue weighted by Gasteiger charge is 2.42. The number of hydrogen-bond donors (Lipinski definition) is 0. The highest BCUT2D eigenvalue weighted by Crippen LogP contribution is 2.49. The van der Waals surface area contributed by atoms with Crippen molar-refractivity contribution in [1.82, 2.24) is 0 Å². The fourth-order valence-corrected chi connectivity index (χ4v) is 15.1. The highest BCUT2D eigenvalue weighted by atomic mass is 79.9. The fourth-order valence-electron chi connectivity index (χ4n) is 6.09. The summed E-state index contributed by atoms with van der Waals surface area (Å²) in [5, 5.41) is 0.213. The third kappa shape index (κ3) is 6.83. The van der Waals surface area contributed by atoms with Crippen molar-refractivity contribution >= 4 is 81.3 Å². The van der Waals surface area contributed by atoms with Gasteiger partial charge in [0.1, 0.15) is 8.07 Å². The molecule has 1 aromatic carbocycles. The molecule has 194 valence electrons. The van der Waals surface area contributed by atoms with E-state index in [1.807, 2.05) is 0 Å². The van der Waals surface area contributed by atoms with Gasteiger partial charge in [-0.15, -0.1) is 11.1 Å². The summed E-state index contributed by atoms with van der Waals surface area (Å²) in [4.78, 5) is 0. The topological polar surface area (TPSA) is 0 Å². The Morgan fingerprint density at radius 3 is 1.17 bits per heavy atom. The van der Waals surface area contributed by atoms with Crippen LogP contribution in [-0.4, -0.2) is 17.6 Å². The van der Waals surface area contributed by atoms with Crippen molar-refractivity contribution in [1.29, 1.82) is 0 Å². The van der Waals surface area contributed by atoms with Gasteiger partial charge in [-0.05, 0) is 103 Å². The molecule has 0 atom stereocenters. The molecule has 0 nitrogen and oxygen atoms in total. The number of halogens is 4. The molecule has 0 aliphatic heterocycles. The van der Waals surface area contributed by atoms with Crippen molar-refractivity contribution in [2.75, 3.05) is 0 Å². The second kappa shape index (κ2) is 13.7. The molecule has 1 rings (SSSR count). The number of hydrogen-bond acceptors (Lipinski definition) is 0. The Balaban J connectivity index is 3.66. The predicted molar refractivity (Wildman–Crippen MR) is 175 cm³/mol. The standard InChI is InChI=1S/C29H42Br4Si2/c1-17(2)29(18(3)4,19(5)6)34-15-13-23-25(30)27(32)24(28(33)26(23)31)14-16-35(20(7)8,21(9)10)22(11)12/h17-22H,1-12H3. The molecule has 0 aliphatic carbocycles. The lowest BCUT2D eigenvalue weighted by Crippen LogP contribution is -2.43. The summed E-state index contributed by atoms with van der Waals surface area (Å²) in [5.41, 5.74) is 11.2. The van der Waals surface area contributed by atoms with E-state index in [2.05, 4.69) is 170 Å². The zero-order valence-corrected chi connectivity index (χ0v) is 31.8. The monoisotopic (exact) mass is 762 g/mol. The van der Waals surface area contributed by atoms with Gasteiger partial charge in [-0.25, -0.2) is 0 Å². The summed E-state index contributed by atoms with van der Waals surface area (Å²) in [6.07, 6.45) is 0. The van der Waals surface area contributed by atoms with Gasteiger partial charge in [-0.3, -0.25) is 0 Å². The van der Waals surface area contributed by atoms with Gasteiger partial charge in [0.25, 0.3) is 0 Å². The van der Waals surface area contributed by atoms with Crippen molar-refractivity contribution in [3.63, 3.8) is 0 Å². The lowest BCUT2D eigenvalue weighted by atomic mass is 9.76. The number of rotatable bonds is 7. The van der Waals surface area contributed by atoms with E-state index in [0.29, 0.717) is 43.9 Å². The van der Waals surface area contributed by atoms with Gasteiger partial charge < -0.3 is 0 Å². The molecule has 0 aromatic heterocycles. The molecule has 0 N–H and O–H groups in total. The molecule has 0 fully saturated rings. The van der Waals surface area contributed by atoms with Crippen LogP contribution in [-0.2, 0) is 0 Å². The molecule has 0 heterocycles. The lowest BCUT2D eigenvalue weighted by Gasteiger charge is -2.43. The van der Waals surface area contributed by atoms with E-state index in [4.69, 9.17) is 0 Å². The average molecular weight is 766 g/mol. The molecular weight excluding hydrogens is 724 g/mol. The first-order chi connectivity index (χ1) is 16.0. The first-order valence-electron chi connectivity index (χ1n) is 12.7. The first kappa shape index (κ1) is 33.7. The van der Waals surface area contributed by atoms with Crippen molar-refractivity contribution in [3.05, 3.63) is 29.0 Å². The third-order valence-corrected chi connectivity index (χ3v) is 20.8. The van der Waals surface area contributed by atoms with Crippen LogP contribution in [0.3, 0.4) is 0 Å². The van der Waals surface area contributed by atoms with Gasteiger partial charge >= 0.3 is 0 Å². The number of benzene rings is 1.